The number of hydrogen-bond donors (Lipinski definition) is 10. The number of nitrogens with zero attached hydrogens (tertiary/aromatic N) is 4. The molecule has 3 aromatic rings. The monoisotopic (exact) mass is 1140 g/mol. The molecule has 0 aliphatic carbocycles. The minimum atomic E-state index is -1.26. The highest BCUT2D eigenvalue weighted by molar-refractivity contribution is 7.98. The van der Waals surface area contributed by atoms with Crippen LogP contribution in [-0.2, 0) is 49.7 Å². The van der Waals surface area contributed by atoms with Crippen molar-refractivity contribution in [2.24, 2.45) is 5.92 Å². The summed E-state index contributed by atoms with van der Waals surface area (Å²) < 4.78 is 0. The number of thioether (sulfide) groups is 1. The second-order valence-corrected chi connectivity index (χ2v) is 20.9. The SMILES string of the molecule is CSCCC(NC(=O)c1ccc(CNC(=O)CN2CCN(CC(=O)O)CCN(CC(=O)O)CCN(CC(=O)O)CC2)cc1)C(=O)NCC(=O)NC(CCCCNC(=O)CCCCC(=O)C(C)C)C(=O)O.Cc1c[nH]c2ccccc12. The van der Waals surface area contributed by atoms with E-state index in [9.17, 15) is 68.4 Å². The van der Waals surface area contributed by atoms with E-state index in [1.807, 2.05) is 32.4 Å². The molecule has 2 heterocycles. The van der Waals surface area contributed by atoms with E-state index in [4.69, 9.17) is 0 Å². The minimum Gasteiger partial charge on any atom is -0.480 e. The third-order valence-corrected chi connectivity index (χ3v) is 13.8. The summed E-state index contributed by atoms with van der Waals surface area (Å²) in [5.74, 6) is -6.27. The zero-order chi connectivity index (χ0) is 59.0. The summed E-state index contributed by atoms with van der Waals surface area (Å²) in [6.07, 6.45) is 6.99. The number of carbonyl (C=O) groups excluding carboxylic acids is 6. The lowest BCUT2D eigenvalue weighted by molar-refractivity contribution is -0.142. The lowest BCUT2D eigenvalue weighted by Crippen LogP contribution is -2.51. The number of hydrogen-bond acceptors (Lipinski definition) is 15. The van der Waals surface area contributed by atoms with Crippen molar-refractivity contribution in [2.75, 3.05) is 104 Å². The van der Waals surface area contributed by atoms with Gasteiger partial charge in [0.2, 0.25) is 23.6 Å². The fraction of sp³-hybridized carbons (Fsp3) is 0.564. The molecule has 1 aliphatic rings. The summed E-state index contributed by atoms with van der Waals surface area (Å²) in [7, 11) is 0. The maximum Gasteiger partial charge on any atom is 0.326 e. The quantitative estimate of drug-likeness (QED) is 0.0411. The molecule has 10 N–H and O–H groups in total. The number of H-pyrrole nitrogens is 1. The Bertz CT molecular complexity index is 2460. The van der Waals surface area contributed by atoms with Crippen LogP contribution < -0.4 is 26.6 Å². The number of aryl methyl sites for hydroxylation is 1. The smallest absolute Gasteiger partial charge is 0.326 e. The molecule has 442 valence electrons. The fourth-order valence-corrected chi connectivity index (χ4v) is 8.91. The maximum absolute atomic E-state index is 13.3. The molecular weight excluding hydrogens is 1060 g/mol. The number of unbranched alkanes of at least 4 members (excludes halogenated alkanes) is 2. The van der Waals surface area contributed by atoms with Gasteiger partial charge in [-0.25, -0.2) is 4.79 Å². The number of ketones is 1. The molecule has 2 unspecified atom stereocenters. The number of benzene rings is 2. The number of aliphatic carboxylic acids is 4. The van der Waals surface area contributed by atoms with Gasteiger partial charge >= 0.3 is 23.9 Å². The third-order valence-electron chi connectivity index (χ3n) is 13.1. The van der Waals surface area contributed by atoms with E-state index in [1.54, 1.807) is 31.7 Å². The summed E-state index contributed by atoms with van der Waals surface area (Å²) >= 11 is 1.44. The topological polar surface area (TPSA) is 341 Å². The first-order valence-corrected chi connectivity index (χ1v) is 28.4. The first kappa shape index (κ1) is 67.3. The van der Waals surface area contributed by atoms with Crippen LogP contribution in [0.2, 0.25) is 0 Å². The molecule has 0 saturated carbocycles. The first-order chi connectivity index (χ1) is 38.1. The number of carboxylic acids is 4. The summed E-state index contributed by atoms with van der Waals surface area (Å²) in [6.45, 7) is 6.75. The minimum absolute atomic E-state index is 0.0330. The van der Waals surface area contributed by atoms with Gasteiger partial charge in [-0.15, -0.1) is 0 Å². The number of carbonyl (C=O) groups is 10. The lowest BCUT2D eigenvalue weighted by Gasteiger charge is -2.32. The van der Waals surface area contributed by atoms with Crippen LogP contribution in [0, 0.1) is 12.8 Å². The van der Waals surface area contributed by atoms with Crippen LogP contribution in [-0.4, -0.2) is 220 Å². The standard InChI is InChI=1S/C46H73N9O14S.C9H9N/c1-32(2)37(56)9-4-5-10-38(57)47-16-7-6-8-36(46(68)69)50-39(58)27-49-45(67)35(15-25-70-3)51-44(66)34-13-11-33(12-14-34)26-48-40(59)28-52-17-19-53(29-41(60)61)21-23-55(31-43(64)65)24-22-54(20-18-52)30-42(62)63;1-7-6-10-9-5-3-2-4-8(7)9/h11-14,32,35-36H,4-10,15-31H2,1-3H3,(H,47,57)(H,48,59)(H,49,67)(H,50,58)(H,51,66)(H,60,61)(H,62,63)(H,64,65)(H,68,69);2-6,10H,1H3. The first-order valence-electron chi connectivity index (χ1n) is 27.0. The summed E-state index contributed by atoms with van der Waals surface area (Å²) in [4.78, 5) is 133. The Balaban J connectivity index is 0.00000149. The van der Waals surface area contributed by atoms with E-state index in [0.29, 0.717) is 50.0 Å². The highest BCUT2D eigenvalue weighted by atomic mass is 32.2. The molecule has 1 fully saturated rings. The normalized spacial score (nSPS) is 14.7. The predicted molar refractivity (Wildman–Crippen MR) is 302 cm³/mol. The molecule has 2 atom stereocenters. The highest BCUT2D eigenvalue weighted by Gasteiger charge is 2.25. The van der Waals surface area contributed by atoms with Crippen molar-refractivity contribution in [1.29, 1.82) is 0 Å². The van der Waals surface area contributed by atoms with E-state index in [2.05, 4.69) is 56.7 Å². The second-order valence-electron chi connectivity index (χ2n) is 19.9. The van der Waals surface area contributed by atoms with Crippen LogP contribution in [0.3, 0.4) is 0 Å². The van der Waals surface area contributed by atoms with Crippen LogP contribution in [0.1, 0.15) is 86.7 Å². The predicted octanol–water partition coefficient (Wildman–Crippen LogP) is 1.86. The van der Waals surface area contributed by atoms with E-state index in [1.165, 1.54) is 40.4 Å². The number of para-hydroxylation sites is 1. The van der Waals surface area contributed by atoms with Crippen LogP contribution in [0.15, 0.2) is 54.7 Å². The van der Waals surface area contributed by atoms with Crippen LogP contribution in [0.5, 0.6) is 0 Å². The number of fused-ring (bicyclic) bond motifs is 1. The molecular formula is C55H82N10O14S. The molecule has 0 spiro atoms. The summed E-state index contributed by atoms with van der Waals surface area (Å²) in [5.41, 5.74) is 3.41. The number of rotatable bonds is 31. The number of carboxylic acid groups (broad SMARTS) is 4. The number of Topliss-reactive ketones (excluding diaryl/α,β-unsaturated/α-hetero) is 1. The molecule has 1 aliphatic heterocycles. The summed E-state index contributed by atoms with van der Waals surface area (Å²) in [6, 6.07) is 12.4. The third kappa shape index (κ3) is 27.8. The maximum atomic E-state index is 13.3. The van der Waals surface area contributed by atoms with Crippen LogP contribution >= 0.6 is 11.8 Å². The van der Waals surface area contributed by atoms with Crippen molar-refractivity contribution in [2.45, 2.75) is 90.8 Å². The molecule has 0 bridgehead atoms. The number of aromatic amines is 1. The van der Waals surface area contributed by atoms with Crippen molar-refractivity contribution in [1.82, 2.24) is 51.2 Å². The Morgan fingerprint density at radius 1 is 0.600 bits per heavy atom. The molecule has 4 rings (SSSR count). The number of aromatic nitrogens is 1. The largest absolute Gasteiger partial charge is 0.480 e. The van der Waals surface area contributed by atoms with Crippen LogP contribution in [0.25, 0.3) is 10.9 Å². The van der Waals surface area contributed by atoms with E-state index < -0.39 is 60.2 Å². The molecule has 24 nitrogen and oxygen atoms in total. The van der Waals surface area contributed by atoms with Gasteiger partial charge in [-0.05, 0) is 86.8 Å². The summed E-state index contributed by atoms with van der Waals surface area (Å²) in [5, 5.41) is 52.5. The van der Waals surface area contributed by atoms with Gasteiger partial charge in [0, 0.05) is 107 Å². The number of nitrogens with one attached hydrogen (secondary N) is 6. The van der Waals surface area contributed by atoms with E-state index in [0.717, 1.165) is 0 Å². The van der Waals surface area contributed by atoms with Crippen molar-refractivity contribution < 1.29 is 68.4 Å². The molecule has 2 aromatic carbocycles. The van der Waals surface area contributed by atoms with Gasteiger partial charge in [0.1, 0.15) is 17.9 Å². The fourth-order valence-electron chi connectivity index (χ4n) is 8.44. The van der Waals surface area contributed by atoms with Gasteiger partial charge in [0.05, 0.1) is 32.7 Å². The van der Waals surface area contributed by atoms with E-state index >= 15 is 0 Å². The van der Waals surface area contributed by atoms with Gasteiger partial charge in [0.15, 0.2) is 0 Å². The Kier molecular flexibility index (Phi) is 31.2. The average Bonchev–Trinajstić information content (AvgIpc) is 3.79. The number of amides is 5. The van der Waals surface area contributed by atoms with Crippen molar-refractivity contribution in [3.8, 4) is 0 Å². The molecule has 1 saturated heterocycles. The Morgan fingerprint density at radius 2 is 1.15 bits per heavy atom. The van der Waals surface area contributed by atoms with E-state index in [-0.39, 0.29) is 133 Å². The Morgan fingerprint density at radius 3 is 1.68 bits per heavy atom. The van der Waals surface area contributed by atoms with Gasteiger partial charge in [0.25, 0.3) is 5.91 Å². The van der Waals surface area contributed by atoms with Crippen LogP contribution in [0.4, 0.5) is 0 Å². The van der Waals surface area contributed by atoms with Crippen molar-refractivity contribution in [3.63, 3.8) is 0 Å². The van der Waals surface area contributed by atoms with Crippen molar-refractivity contribution in [3.05, 3.63) is 71.4 Å². The second kappa shape index (κ2) is 37.1. The zero-order valence-corrected chi connectivity index (χ0v) is 47.3. The zero-order valence-electron chi connectivity index (χ0n) is 46.5. The molecule has 5 amide bonds. The Labute approximate surface area is 471 Å². The average molecular weight is 1140 g/mol. The lowest BCUT2D eigenvalue weighted by atomic mass is 10.0. The van der Waals surface area contributed by atoms with Gasteiger partial charge in [-0.3, -0.25) is 62.8 Å². The highest BCUT2D eigenvalue weighted by Crippen LogP contribution is 2.16. The molecule has 25 heteroatoms. The van der Waals surface area contributed by atoms with Gasteiger partial charge < -0.3 is 52.0 Å². The molecule has 80 heavy (non-hydrogen) atoms. The van der Waals surface area contributed by atoms with Gasteiger partial charge in [-0.2, -0.15) is 11.8 Å². The Hall–Kier alpha value is -6.93. The van der Waals surface area contributed by atoms with Gasteiger partial charge in [-0.1, -0.05) is 44.2 Å². The molecule has 0 radical (unpaired) electrons. The van der Waals surface area contributed by atoms with Crippen molar-refractivity contribution >= 4 is 81.9 Å². The molecule has 1 aromatic heterocycles.